The minimum Gasteiger partial charge on any atom is -0.495 e. The molecule has 0 spiro atoms. The molecule has 540 valence electrons. The molecule has 0 fully saturated rings. The maximum Gasteiger partial charge on any atom is 0.335 e. The summed E-state index contributed by atoms with van der Waals surface area (Å²) in [5, 5.41) is 51.2. The van der Waals surface area contributed by atoms with Crippen LogP contribution in [0.25, 0.3) is 56.3 Å². The Morgan fingerprint density at radius 2 is 0.720 bits per heavy atom. The third kappa shape index (κ3) is 19.4. The fourth-order valence-corrected chi connectivity index (χ4v) is 10.9. The van der Waals surface area contributed by atoms with Gasteiger partial charge in [-0.25, -0.2) is 54.3 Å². The molecule has 8 aromatic heterocycles. The highest BCUT2D eigenvalue weighted by Gasteiger charge is 2.20. The van der Waals surface area contributed by atoms with Crippen LogP contribution >= 0.6 is 0 Å². The van der Waals surface area contributed by atoms with Crippen molar-refractivity contribution in [1.29, 1.82) is 0 Å². The maximum atomic E-state index is 11.2. The lowest BCUT2D eigenvalue weighted by Crippen LogP contribution is -2.06. The molecule has 0 aliphatic heterocycles. The van der Waals surface area contributed by atoms with E-state index in [4.69, 9.17) is 47.8 Å². The lowest BCUT2D eigenvalue weighted by Gasteiger charge is -2.16. The van der Waals surface area contributed by atoms with E-state index in [0.717, 1.165) is 101 Å². The summed E-state index contributed by atoms with van der Waals surface area (Å²) in [6, 6.07) is 36.4. The summed E-state index contributed by atoms with van der Waals surface area (Å²) in [4.78, 5) is 80.9. The fraction of sp³-hybridized carbons (Fsp3) is 0.122. The van der Waals surface area contributed by atoms with E-state index in [1.54, 1.807) is 135 Å². The van der Waals surface area contributed by atoms with Gasteiger partial charge in [-0.3, -0.25) is 4.79 Å². The molecule has 0 unspecified atom stereocenters. The largest absolute Gasteiger partial charge is 0.495 e. The number of benzene rings is 5. The molecule has 25 nitrogen and oxygen atoms in total. The average Bonchev–Trinajstić information content (AvgIpc) is 1.67. The Balaban J connectivity index is 0.000000153. The first-order valence-corrected chi connectivity index (χ1v) is 33.2. The molecule has 0 aliphatic carbocycles. The van der Waals surface area contributed by atoms with Crippen LogP contribution in [-0.4, -0.2) is 91.3 Å². The number of rotatable bonds is 26. The molecule has 25 heteroatoms. The van der Waals surface area contributed by atoms with Gasteiger partial charge in [-0.15, -0.1) is 26.3 Å². The van der Waals surface area contributed by atoms with E-state index < -0.39 is 23.9 Å². The molecular formula is C82H74N12O13. The summed E-state index contributed by atoms with van der Waals surface area (Å²) < 4.78 is 25.9. The van der Waals surface area contributed by atoms with Gasteiger partial charge in [0.25, 0.3) is 0 Å². The predicted octanol–water partition coefficient (Wildman–Crippen LogP) is 18.0. The van der Waals surface area contributed by atoms with Crippen LogP contribution in [0.2, 0.25) is 0 Å². The van der Waals surface area contributed by atoms with Crippen molar-refractivity contribution in [2.45, 2.75) is 59.8 Å². The fourth-order valence-electron chi connectivity index (χ4n) is 10.9. The standard InChI is InChI=1S/C23H19N3O3.C20H19N3O4.C20H19N3O3.C19H17N3O3/c1-3-4-20-14(2)24-21(18-9-10-29-13-18)26-22(20)25-19-8-7-15-11-17(23(27)28)6-5-16(15)12-19;1-4-5-15-12(2)21-18(14-8-9-27-11-14)23-19(15)22-16-7-6-13(20(24)25)10-17(16)26-3;1-3-4-17-13(2)21-19(15-9-10-26-12-15)23-20(17)22-16-7-5-14(6-8-16)11-18(24)25;1-3-4-16-12(2)20-17(14-9-10-25-11-14)22-18(16)21-15-7-5-13(6-8-15)19(23)24/h3,5-13H,1,4H2,2H3,(H,27,28)(H,24,25,26);4,6-11H,1,5H2,2-3H3,(H,24,25)(H,21,22,23);3,5-10,12H,1,4,11H2,2H3,(H,24,25)(H,21,22,23);3,5-11H,1,4H2,2H3,(H,23,24)(H,20,21,22). The highest BCUT2D eigenvalue weighted by atomic mass is 16.5. The van der Waals surface area contributed by atoms with Crippen LogP contribution < -0.4 is 26.0 Å². The molecule has 8 heterocycles. The first-order valence-electron chi connectivity index (χ1n) is 33.2. The minimum atomic E-state index is -1.02. The second-order valence-electron chi connectivity index (χ2n) is 23.8. The summed E-state index contributed by atoms with van der Waals surface area (Å²) in [5.41, 5.74) is 14.7. The summed E-state index contributed by atoms with van der Waals surface area (Å²) >= 11 is 0. The molecule has 0 atom stereocenters. The zero-order valence-electron chi connectivity index (χ0n) is 59.0. The number of methoxy groups -OCH3 is 1. The molecule has 0 amide bonds. The third-order valence-corrected chi connectivity index (χ3v) is 16.4. The quantitative estimate of drug-likeness (QED) is 0.0233. The number of nitrogens with one attached hydrogen (secondary N) is 4. The monoisotopic (exact) mass is 1430 g/mol. The number of hydrogen-bond acceptors (Lipinski definition) is 21. The van der Waals surface area contributed by atoms with E-state index in [9.17, 15) is 19.2 Å². The third-order valence-electron chi connectivity index (χ3n) is 16.4. The van der Waals surface area contributed by atoms with Gasteiger partial charge in [0, 0.05) is 62.1 Å². The van der Waals surface area contributed by atoms with Crippen molar-refractivity contribution in [3.05, 3.63) is 295 Å². The van der Waals surface area contributed by atoms with Crippen molar-refractivity contribution in [3.8, 4) is 51.3 Å². The van der Waals surface area contributed by atoms with Gasteiger partial charge >= 0.3 is 23.9 Å². The van der Waals surface area contributed by atoms with Gasteiger partial charge in [-0.05, 0) is 173 Å². The van der Waals surface area contributed by atoms with Gasteiger partial charge in [-0.1, -0.05) is 48.6 Å². The maximum absolute atomic E-state index is 11.2. The second-order valence-corrected chi connectivity index (χ2v) is 23.8. The number of aryl methyl sites for hydroxylation is 4. The topological polar surface area (TPSA) is 362 Å². The van der Waals surface area contributed by atoms with E-state index in [0.29, 0.717) is 83.7 Å². The van der Waals surface area contributed by atoms with Crippen molar-refractivity contribution < 1.29 is 62.0 Å². The van der Waals surface area contributed by atoms with Crippen LogP contribution in [0.3, 0.4) is 0 Å². The molecule has 8 N–H and O–H groups in total. The first kappa shape index (κ1) is 75.3. The number of hydrogen-bond donors (Lipinski definition) is 8. The number of anilines is 8. The van der Waals surface area contributed by atoms with Crippen LogP contribution in [-0.2, 0) is 36.9 Å². The van der Waals surface area contributed by atoms with Crippen LogP contribution in [0.15, 0.2) is 246 Å². The average molecular weight is 1440 g/mol. The van der Waals surface area contributed by atoms with Gasteiger partial charge in [0.15, 0.2) is 23.3 Å². The smallest absolute Gasteiger partial charge is 0.335 e. The number of carbonyl (C=O) groups is 4. The molecule has 13 aromatic rings. The van der Waals surface area contributed by atoms with E-state index >= 15 is 0 Å². The molecule has 0 saturated carbocycles. The first-order chi connectivity index (χ1) is 51.7. The Morgan fingerprint density at radius 3 is 1.07 bits per heavy atom. The van der Waals surface area contributed by atoms with Crippen molar-refractivity contribution in [2.24, 2.45) is 0 Å². The number of furan rings is 4. The Labute approximate surface area is 614 Å². The second kappa shape index (κ2) is 35.5. The number of fused-ring (bicyclic) bond motifs is 1. The highest BCUT2D eigenvalue weighted by molar-refractivity contribution is 5.96. The molecule has 0 bridgehead atoms. The number of carboxylic acids is 4. The summed E-state index contributed by atoms with van der Waals surface area (Å²) in [7, 11) is 1.49. The molecule has 13 rings (SSSR count). The minimum absolute atomic E-state index is 0.000747. The van der Waals surface area contributed by atoms with Gasteiger partial charge in [0.05, 0.1) is 83.2 Å². The van der Waals surface area contributed by atoms with Crippen LogP contribution in [0, 0.1) is 27.7 Å². The highest BCUT2D eigenvalue weighted by Crippen LogP contribution is 2.35. The van der Waals surface area contributed by atoms with Crippen LogP contribution in [0.4, 0.5) is 46.0 Å². The number of nitrogens with zero attached hydrogens (tertiary/aromatic N) is 8. The number of aliphatic carboxylic acids is 1. The van der Waals surface area contributed by atoms with Gasteiger partial charge < -0.3 is 64.1 Å². The Kier molecular flexibility index (Phi) is 25.0. The Morgan fingerprint density at radius 1 is 0.393 bits per heavy atom. The van der Waals surface area contributed by atoms with Crippen molar-refractivity contribution in [3.63, 3.8) is 0 Å². The van der Waals surface area contributed by atoms with Crippen molar-refractivity contribution in [1.82, 2.24) is 39.9 Å². The SMILES string of the molecule is C=CCc1c(C)nc(-c2ccoc2)nc1Nc1ccc(C(=O)O)cc1.C=CCc1c(C)nc(-c2ccoc2)nc1Nc1ccc(C(=O)O)cc1OC.C=CCc1c(C)nc(-c2ccoc2)nc1Nc1ccc(CC(=O)O)cc1.C=CCc1c(C)nc(-c2ccoc2)nc1Nc1ccc2cc(C(=O)O)ccc2c1. The summed E-state index contributed by atoms with van der Waals surface area (Å²) in [6.45, 7) is 22.9. The predicted molar refractivity (Wildman–Crippen MR) is 409 cm³/mol. The summed E-state index contributed by atoms with van der Waals surface area (Å²) in [5.74, 6) is 1.53. The van der Waals surface area contributed by atoms with E-state index in [1.165, 1.54) is 19.2 Å². The van der Waals surface area contributed by atoms with Crippen LogP contribution in [0.1, 0.15) is 81.7 Å². The van der Waals surface area contributed by atoms with Crippen LogP contribution in [0.5, 0.6) is 5.75 Å². The van der Waals surface area contributed by atoms with E-state index in [2.05, 4.69) is 82.5 Å². The normalized spacial score (nSPS) is 10.6. The molecule has 107 heavy (non-hydrogen) atoms. The number of allylic oxidation sites excluding steroid dienone is 4. The number of ether oxygens (including phenoxy) is 1. The van der Waals surface area contributed by atoms with Gasteiger partial charge in [0.1, 0.15) is 54.1 Å². The molecule has 0 aliphatic rings. The van der Waals surface area contributed by atoms with Gasteiger partial charge in [0.2, 0.25) is 0 Å². The zero-order chi connectivity index (χ0) is 76.1. The van der Waals surface area contributed by atoms with Crippen molar-refractivity contribution >= 4 is 80.7 Å². The molecule has 0 saturated heterocycles. The number of carboxylic acid groups (broad SMARTS) is 4. The summed E-state index contributed by atoms with van der Waals surface area (Å²) in [6.07, 6.45) is 22.4. The van der Waals surface area contributed by atoms with E-state index in [1.807, 2.05) is 82.3 Å². The number of aromatic nitrogens is 8. The van der Waals surface area contributed by atoms with Gasteiger partial charge in [-0.2, -0.15) is 0 Å². The lowest BCUT2D eigenvalue weighted by atomic mass is 10.1. The Hall–Kier alpha value is -14.4. The van der Waals surface area contributed by atoms with Crippen molar-refractivity contribution in [2.75, 3.05) is 28.4 Å². The number of aromatic carboxylic acids is 3. The lowest BCUT2D eigenvalue weighted by molar-refractivity contribution is -0.136. The molecule has 0 radical (unpaired) electrons. The zero-order valence-corrected chi connectivity index (χ0v) is 59.0. The van der Waals surface area contributed by atoms with E-state index in [-0.39, 0.29) is 23.1 Å². The molecular weight excluding hydrogens is 1360 g/mol. The Bertz CT molecular complexity index is 5330. The molecule has 5 aromatic carbocycles.